The molecule has 0 spiro atoms. The van der Waals surface area contributed by atoms with Crippen LogP contribution in [0.2, 0.25) is 0 Å². The molecule has 0 bridgehead atoms. The van der Waals surface area contributed by atoms with E-state index < -0.39 is 23.3 Å². The highest BCUT2D eigenvalue weighted by Gasteiger charge is 2.37. The molecule has 1 saturated heterocycles. The summed E-state index contributed by atoms with van der Waals surface area (Å²) in [4.78, 5) is 28.6. The molecule has 0 saturated carbocycles. The average Bonchev–Trinajstić information content (AvgIpc) is 2.71. The maximum Gasteiger partial charge on any atom is 0.417 e. The number of anilines is 1. The number of hydrogen-bond donors (Lipinski definition) is 1. The number of carbonyl (C=O) groups excluding carboxylic acids is 2. The summed E-state index contributed by atoms with van der Waals surface area (Å²) in [6, 6.07) is 4.19. The summed E-state index contributed by atoms with van der Waals surface area (Å²) in [6.07, 6.45) is -4.40. The van der Waals surface area contributed by atoms with E-state index in [-0.39, 0.29) is 56.0 Å². The predicted octanol–water partition coefficient (Wildman–Crippen LogP) is 2.40. The van der Waals surface area contributed by atoms with Gasteiger partial charge in [-0.1, -0.05) is 13.8 Å². The van der Waals surface area contributed by atoms with Gasteiger partial charge in [-0.25, -0.2) is 0 Å². The van der Waals surface area contributed by atoms with Crippen molar-refractivity contribution in [2.45, 2.75) is 32.5 Å². The smallest absolute Gasteiger partial charge is 0.383 e. The molecule has 1 aliphatic rings. The molecule has 2 rings (SSSR count). The lowest BCUT2D eigenvalue weighted by Gasteiger charge is -2.42. The van der Waals surface area contributed by atoms with Gasteiger partial charge in [-0.3, -0.25) is 9.59 Å². The standard InChI is InChI=1S/C21H27F3N4O3/c1-14(2)10-19(29)28-8-7-27(13-18(28)20(30)26-6-9-31-3)16-5-4-15(12-25)17(11-16)21(22,23)24/h4-5,11,14,18H,6-10,13H2,1-3H3,(H,26,30). The first-order valence-corrected chi connectivity index (χ1v) is 10.0. The van der Waals surface area contributed by atoms with Crippen molar-refractivity contribution in [2.75, 3.05) is 44.8 Å². The number of methoxy groups -OCH3 is 1. The van der Waals surface area contributed by atoms with E-state index in [1.165, 1.54) is 18.1 Å². The fourth-order valence-electron chi connectivity index (χ4n) is 3.46. The van der Waals surface area contributed by atoms with Gasteiger partial charge in [0.05, 0.1) is 23.8 Å². The van der Waals surface area contributed by atoms with E-state index in [2.05, 4.69) is 5.32 Å². The monoisotopic (exact) mass is 440 g/mol. The largest absolute Gasteiger partial charge is 0.417 e. The zero-order valence-corrected chi connectivity index (χ0v) is 17.8. The Kier molecular flexibility index (Phi) is 8.28. The lowest BCUT2D eigenvalue weighted by molar-refractivity contribution is -0.141. The molecule has 170 valence electrons. The Balaban J connectivity index is 2.29. The summed E-state index contributed by atoms with van der Waals surface area (Å²) in [5, 5.41) is 11.7. The minimum Gasteiger partial charge on any atom is -0.383 e. The number of benzene rings is 1. The molecule has 0 aromatic heterocycles. The van der Waals surface area contributed by atoms with Gasteiger partial charge < -0.3 is 19.9 Å². The first-order valence-electron chi connectivity index (χ1n) is 10.0. The maximum atomic E-state index is 13.4. The number of hydrogen-bond acceptors (Lipinski definition) is 5. The van der Waals surface area contributed by atoms with Crippen LogP contribution >= 0.6 is 0 Å². The van der Waals surface area contributed by atoms with Crippen LogP contribution in [-0.2, 0) is 20.5 Å². The van der Waals surface area contributed by atoms with E-state index in [9.17, 15) is 22.8 Å². The summed E-state index contributed by atoms with van der Waals surface area (Å²) in [6.45, 7) is 4.88. The van der Waals surface area contributed by atoms with Crippen LogP contribution in [0, 0.1) is 17.2 Å². The van der Waals surface area contributed by atoms with Crippen LogP contribution in [0.5, 0.6) is 0 Å². The van der Waals surface area contributed by atoms with Gasteiger partial charge in [-0.05, 0) is 24.1 Å². The van der Waals surface area contributed by atoms with Crippen LogP contribution in [-0.4, -0.2) is 62.7 Å². The minimum atomic E-state index is -4.67. The lowest BCUT2D eigenvalue weighted by Crippen LogP contribution is -2.61. The molecule has 0 radical (unpaired) electrons. The van der Waals surface area contributed by atoms with Crippen molar-refractivity contribution in [1.82, 2.24) is 10.2 Å². The van der Waals surface area contributed by atoms with Gasteiger partial charge in [0, 0.05) is 45.4 Å². The number of amides is 2. The zero-order chi connectivity index (χ0) is 23.2. The van der Waals surface area contributed by atoms with Gasteiger partial charge in [0.25, 0.3) is 0 Å². The van der Waals surface area contributed by atoms with Gasteiger partial charge in [-0.2, -0.15) is 18.4 Å². The van der Waals surface area contributed by atoms with Crippen LogP contribution in [0.25, 0.3) is 0 Å². The first kappa shape index (κ1) is 24.5. The number of halogens is 3. The molecule has 1 heterocycles. The average molecular weight is 440 g/mol. The van der Waals surface area contributed by atoms with Crippen LogP contribution in [0.1, 0.15) is 31.4 Å². The van der Waals surface area contributed by atoms with E-state index in [1.54, 1.807) is 11.0 Å². The molecule has 1 aliphatic heterocycles. The minimum absolute atomic E-state index is 0.0475. The number of nitrogens with one attached hydrogen (secondary N) is 1. The fraction of sp³-hybridized carbons (Fsp3) is 0.571. The Morgan fingerprint density at radius 2 is 2.03 bits per heavy atom. The summed E-state index contributed by atoms with van der Waals surface area (Å²) in [5.74, 6) is -0.448. The van der Waals surface area contributed by atoms with Crippen molar-refractivity contribution in [2.24, 2.45) is 5.92 Å². The van der Waals surface area contributed by atoms with Crippen LogP contribution in [0.15, 0.2) is 18.2 Å². The molecule has 31 heavy (non-hydrogen) atoms. The van der Waals surface area contributed by atoms with E-state index in [0.717, 1.165) is 12.1 Å². The van der Waals surface area contributed by atoms with Crippen molar-refractivity contribution in [3.8, 4) is 6.07 Å². The molecule has 7 nitrogen and oxygen atoms in total. The third-order valence-corrected chi connectivity index (χ3v) is 4.99. The van der Waals surface area contributed by atoms with Crippen LogP contribution in [0.3, 0.4) is 0 Å². The summed E-state index contributed by atoms with van der Waals surface area (Å²) < 4.78 is 45.0. The second-order valence-corrected chi connectivity index (χ2v) is 7.77. The van der Waals surface area contributed by atoms with Crippen LogP contribution < -0.4 is 10.2 Å². The van der Waals surface area contributed by atoms with Gasteiger partial charge in [0.2, 0.25) is 11.8 Å². The first-order chi connectivity index (χ1) is 14.6. The van der Waals surface area contributed by atoms with Gasteiger partial charge in [-0.15, -0.1) is 0 Å². The highest BCUT2D eigenvalue weighted by molar-refractivity contribution is 5.88. The molecule has 1 atom stereocenters. The SMILES string of the molecule is COCCNC(=O)C1CN(c2ccc(C#N)c(C(F)(F)F)c2)CCN1C(=O)CC(C)C. The van der Waals surface area contributed by atoms with E-state index in [0.29, 0.717) is 6.61 Å². The normalized spacial score (nSPS) is 16.9. The summed E-state index contributed by atoms with van der Waals surface area (Å²) >= 11 is 0. The van der Waals surface area contributed by atoms with Crippen molar-refractivity contribution in [3.05, 3.63) is 29.3 Å². The molecule has 1 aromatic carbocycles. The maximum absolute atomic E-state index is 13.4. The third-order valence-electron chi connectivity index (χ3n) is 4.99. The molecule has 10 heteroatoms. The summed E-state index contributed by atoms with van der Waals surface area (Å²) in [5.41, 5.74) is -1.24. The highest BCUT2D eigenvalue weighted by atomic mass is 19.4. The molecule has 1 N–H and O–H groups in total. The molecule has 2 amide bonds. The number of piperazine rings is 1. The van der Waals surface area contributed by atoms with E-state index >= 15 is 0 Å². The zero-order valence-electron chi connectivity index (χ0n) is 17.8. The van der Waals surface area contributed by atoms with E-state index in [4.69, 9.17) is 10.00 Å². The lowest BCUT2D eigenvalue weighted by atomic mass is 10.0. The number of alkyl halides is 3. The van der Waals surface area contributed by atoms with Crippen molar-refractivity contribution < 1.29 is 27.5 Å². The fourth-order valence-corrected chi connectivity index (χ4v) is 3.46. The topological polar surface area (TPSA) is 85.7 Å². The number of ether oxygens (including phenoxy) is 1. The second kappa shape index (κ2) is 10.5. The van der Waals surface area contributed by atoms with Gasteiger partial charge >= 0.3 is 6.18 Å². The number of carbonyl (C=O) groups is 2. The Morgan fingerprint density at radius 3 is 2.61 bits per heavy atom. The van der Waals surface area contributed by atoms with Crippen LogP contribution in [0.4, 0.5) is 18.9 Å². The molecule has 0 aliphatic carbocycles. The third kappa shape index (κ3) is 6.34. The van der Waals surface area contributed by atoms with Gasteiger partial charge in [0.1, 0.15) is 6.04 Å². The second-order valence-electron chi connectivity index (χ2n) is 7.77. The number of rotatable bonds is 7. The molecular formula is C21H27F3N4O3. The molecule has 1 unspecified atom stereocenters. The Labute approximate surface area is 179 Å². The molecular weight excluding hydrogens is 413 g/mol. The summed E-state index contributed by atoms with van der Waals surface area (Å²) in [7, 11) is 1.50. The van der Waals surface area contributed by atoms with Crippen molar-refractivity contribution in [1.29, 1.82) is 5.26 Å². The predicted molar refractivity (Wildman–Crippen MR) is 108 cm³/mol. The quantitative estimate of drug-likeness (QED) is 0.658. The van der Waals surface area contributed by atoms with Crippen molar-refractivity contribution in [3.63, 3.8) is 0 Å². The van der Waals surface area contributed by atoms with Gasteiger partial charge in [0.15, 0.2) is 0 Å². The number of nitriles is 1. The Hall–Kier alpha value is -2.80. The van der Waals surface area contributed by atoms with Crippen molar-refractivity contribution >= 4 is 17.5 Å². The highest BCUT2D eigenvalue weighted by Crippen LogP contribution is 2.35. The molecule has 1 fully saturated rings. The Morgan fingerprint density at radius 1 is 1.32 bits per heavy atom. The number of nitrogens with zero attached hydrogens (tertiary/aromatic N) is 3. The van der Waals surface area contributed by atoms with E-state index in [1.807, 2.05) is 13.8 Å². The molecule has 1 aromatic rings. The Bertz CT molecular complexity index is 836.